The molecule has 1 unspecified atom stereocenters. The minimum atomic E-state index is -0.433. The Kier molecular flexibility index (Phi) is 5.41. The first-order chi connectivity index (χ1) is 9.72. The third-order valence-electron chi connectivity index (χ3n) is 3.45. The van der Waals surface area contributed by atoms with Crippen molar-refractivity contribution in [1.82, 2.24) is 4.90 Å². The highest BCUT2D eigenvalue weighted by molar-refractivity contribution is 6.28. The van der Waals surface area contributed by atoms with Crippen LogP contribution in [0.5, 0.6) is 0 Å². The van der Waals surface area contributed by atoms with Crippen molar-refractivity contribution in [3.8, 4) is 0 Å². The summed E-state index contributed by atoms with van der Waals surface area (Å²) in [6.45, 7) is 0.777. The number of alkyl halides is 1. The van der Waals surface area contributed by atoms with Gasteiger partial charge in [-0.1, -0.05) is 30.3 Å². The molecular formula is C15H18ClNO3. The fraction of sp³-hybridized carbons (Fsp3) is 0.467. The number of Topliss-reactive ketones (excluding diaryl/α,β-unsaturated/α-hetero) is 1. The van der Waals surface area contributed by atoms with Gasteiger partial charge in [-0.25, -0.2) is 4.79 Å². The third kappa shape index (κ3) is 3.73. The van der Waals surface area contributed by atoms with E-state index < -0.39 is 12.1 Å². The lowest BCUT2D eigenvalue weighted by atomic mass is 10.00. The van der Waals surface area contributed by atoms with Gasteiger partial charge in [0.2, 0.25) is 0 Å². The topological polar surface area (TPSA) is 46.6 Å². The first-order valence-corrected chi connectivity index (χ1v) is 7.32. The quantitative estimate of drug-likeness (QED) is 0.802. The molecule has 0 spiro atoms. The van der Waals surface area contributed by atoms with Crippen LogP contribution < -0.4 is 0 Å². The van der Waals surface area contributed by atoms with Crippen LogP contribution in [0.1, 0.15) is 24.8 Å². The van der Waals surface area contributed by atoms with Crippen molar-refractivity contribution < 1.29 is 14.3 Å². The molecule has 1 aliphatic heterocycles. The highest BCUT2D eigenvalue weighted by Gasteiger charge is 2.32. The molecule has 1 fully saturated rings. The number of rotatable bonds is 4. The number of ether oxygens (including phenoxy) is 1. The molecule has 0 N–H and O–H groups in total. The van der Waals surface area contributed by atoms with Crippen LogP contribution in [0.2, 0.25) is 0 Å². The summed E-state index contributed by atoms with van der Waals surface area (Å²) in [6.07, 6.45) is 2.07. The Morgan fingerprint density at radius 2 is 2.00 bits per heavy atom. The first-order valence-electron chi connectivity index (χ1n) is 6.78. The fourth-order valence-electron chi connectivity index (χ4n) is 2.38. The Hall–Kier alpha value is -1.55. The average molecular weight is 296 g/mol. The summed E-state index contributed by atoms with van der Waals surface area (Å²) in [6, 6.07) is 9.05. The summed E-state index contributed by atoms with van der Waals surface area (Å²) < 4.78 is 5.28. The van der Waals surface area contributed by atoms with E-state index in [1.807, 2.05) is 30.3 Å². The summed E-state index contributed by atoms with van der Waals surface area (Å²) in [5.74, 6) is -0.171. The summed E-state index contributed by atoms with van der Waals surface area (Å²) in [4.78, 5) is 25.4. The van der Waals surface area contributed by atoms with Crippen LogP contribution in [0.3, 0.4) is 0 Å². The first kappa shape index (κ1) is 14.9. The van der Waals surface area contributed by atoms with Gasteiger partial charge in [-0.3, -0.25) is 9.69 Å². The predicted molar refractivity (Wildman–Crippen MR) is 76.7 cm³/mol. The van der Waals surface area contributed by atoms with Crippen LogP contribution in [0.15, 0.2) is 30.3 Å². The van der Waals surface area contributed by atoms with Crippen LogP contribution in [0.4, 0.5) is 4.79 Å². The molecule has 2 rings (SSSR count). The molecule has 4 nitrogen and oxygen atoms in total. The maximum atomic E-state index is 12.1. The number of hydrogen-bond donors (Lipinski definition) is 0. The van der Waals surface area contributed by atoms with Gasteiger partial charge in [0.1, 0.15) is 6.61 Å². The molecule has 20 heavy (non-hydrogen) atoms. The number of piperidine rings is 1. The van der Waals surface area contributed by atoms with Gasteiger partial charge in [-0.15, -0.1) is 11.6 Å². The van der Waals surface area contributed by atoms with E-state index in [-0.39, 0.29) is 18.3 Å². The van der Waals surface area contributed by atoms with Crippen LogP contribution in [-0.4, -0.2) is 35.2 Å². The van der Waals surface area contributed by atoms with Crippen LogP contribution in [0, 0.1) is 0 Å². The van der Waals surface area contributed by atoms with Gasteiger partial charge in [0.25, 0.3) is 0 Å². The third-order valence-corrected chi connectivity index (χ3v) is 3.71. The highest BCUT2D eigenvalue weighted by atomic mass is 35.5. The van der Waals surface area contributed by atoms with Crippen LogP contribution in [-0.2, 0) is 16.1 Å². The van der Waals surface area contributed by atoms with Gasteiger partial charge in [0.15, 0.2) is 5.78 Å². The van der Waals surface area contributed by atoms with Gasteiger partial charge in [0, 0.05) is 6.54 Å². The highest BCUT2D eigenvalue weighted by Crippen LogP contribution is 2.19. The van der Waals surface area contributed by atoms with E-state index in [9.17, 15) is 9.59 Å². The summed E-state index contributed by atoms with van der Waals surface area (Å²) >= 11 is 5.60. The second-order valence-corrected chi connectivity index (χ2v) is 5.11. The average Bonchev–Trinajstić information content (AvgIpc) is 2.52. The number of hydrogen-bond acceptors (Lipinski definition) is 3. The van der Waals surface area contributed by atoms with Crippen molar-refractivity contribution in [1.29, 1.82) is 0 Å². The molecule has 0 bridgehead atoms. The van der Waals surface area contributed by atoms with Crippen molar-refractivity contribution in [3.05, 3.63) is 35.9 Å². The SMILES string of the molecule is O=C(CCl)C1CCCCN1C(=O)OCc1ccccc1. The molecular weight excluding hydrogens is 278 g/mol. The Bertz CT molecular complexity index is 463. The van der Waals surface area contributed by atoms with E-state index in [0.717, 1.165) is 18.4 Å². The number of amides is 1. The van der Waals surface area contributed by atoms with Gasteiger partial charge >= 0.3 is 6.09 Å². The summed E-state index contributed by atoms with van der Waals surface area (Å²) in [5.41, 5.74) is 0.929. The lowest BCUT2D eigenvalue weighted by Crippen LogP contribution is -2.48. The monoisotopic (exact) mass is 295 g/mol. The largest absolute Gasteiger partial charge is 0.445 e. The molecule has 1 heterocycles. The number of carbonyl (C=O) groups is 2. The number of likely N-dealkylation sites (tertiary alicyclic amines) is 1. The van der Waals surface area contributed by atoms with E-state index in [4.69, 9.17) is 16.3 Å². The molecule has 0 saturated carbocycles. The van der Waals surface area contributed by atoms with Gasteiger partial charge in [0.05, 0.1) is 11.9 Å². The van der Waals surface area contributed by atoms with Gasteiger partial charge in [-0.05, 0) is 24.8 Å². The zero-order chi connectivity index (χ0) is 14.4. The molecule has 1 aromatic rings. The molecule has 0 aliphatic carbocycles. The number of carbonyl (C=O) groups excluding carboxylic acids is 2. The second-order valence-electron chi connectivity index (χ2n) is 4.85. The Morgan fingerprint density at radius 3 is 2.70 bits per heavy atom. The predicted octanol–water partition coefficient (Wildman–Crippen LogP) is 2.99. The maximum absolute atomic E-state index is 12.1. The Labute approximate surface area is 123 Å². The number of benzene rings is 1. The second kappa shape index (κ2) is 7.29. The molecule has 0 aromatic heterocycles. The zero-order valence-electron chi connectivity index (χ0n) is 11.3. The molecule has 1 aliphatic rings. The molecule has 1 atom stereocenters. The van der Waals surface area contributed by atoms with Gasteiger partial charge in [-0.2, -0.15) is 0 Å². The molecule has 5 heteroatoms. The number of halogens is 1. The van der Waals surface area contributed by atoms with E-state index in [1.54, 1.807) is 0 Å². The van der Waals surface area contributed by atoms with E-state index in [2.05, 4.69) is 0 Å². The normalized spacial score (nSPS) is 18.6. The van der Waals surface area contributed by atoms with Gasteiger partial charge < -0.3 is 4.74 Å². The van der Waals surface area contributed by atoms with Crippen molar-refractivity contribution in [2.75, 3.05) is 12.4 Å². The van der Waals surface area contributed by atoms with Crippen molar-refractivity contribution in [2.24, 2.45) is 0 Å². The lowest BCUT2D eigenvalue weighted by molar-refractivity contribution is -0.122. The number of ketones is 1. The smallest absolute Gasteiger partial charge is 0.410 e. The summed E-state index contributed by atoms with van der Waals surface area (Å²) in [7, 11) is 0. The molecule has 1 amide bonds. The fourth-order valence-corrected chi connectivity index (χ4v) is 2.55. The summed E-state index contributed by atoms with van der Waals surface area (Å²) in [5, 5.41) is 0. The zero-order valence-corrected chi connectivity index (χ0v) is 12.0. The molecule has 1 aromatic carbocycles. The van der Waals surface area contributed by atoms with Crippen molar-refractivity contribution in [2.45, 2.75) is 31.9 Å². The lowest BCUT2D eigenvalue weighted by Gasteiger charge is -2.33. The maximum Gasteiger partial charge on any atom is 0.410 e. The van der Waals surface area contributed by atoms with Crippen molar-refractivity contribution in [3.63, 3.8) is 0 Å². The molecule has 1 saturated heterocycles. The van der Waals surface area contributed by atoms with Crippen LogP contribution >= 0.6 is 11.6 Å². The Balaban J connectivity index is 1.94. The van der Waals surface area contributed by atoms with Crippen molar-refractivity contribution >= 4 is 23.5 Å². The van der Waals surface area contributed by atoms with E-state index in [1.165, 1.54) is 4.90 Å². The number of nitrogens with zero attached hydrogens (tertiary/aromatic N) is 1. The minimum absolute atomic E-state index is 0.0624. The van der Waals surface area contributed by atoms with E-state index in [0.29, 0.717) is 13.0 Å². The molecule has 108 valence electrons. The Morgan fingerprint density at radius 1 is 1.25 bits per heavy atom. The van der Waals surface area contributed by atoms with Crippen LogP contribution in [0.25, 0.3) is 0 Å². The molecule has 0 radical (unpaired) electrons. The van der Waals surface area contributed by atoms with E-state index >= 15 is 0 Å². The minimum Gasteiger partial charge on any atom is -0.445 e. The standard InChI is InChI=1S/C15H18ClNO3/c16-10-14(18)13-8-4-5-9-17(13)15(19)20-11-12-6-2-1-3-7-12/h1-3,6-7,13H,4-5,8-11H2.